The number of hydrazone groups is 1. The molecule has 0 aliphatic carbocycles. The molecule has 0 spiro atoms. The van der Waals surface area contributed by atoms with Gasteiger partial charge in [-0.05, 0) is 30.2 Å². The molecule has 1 aromatic carbocycles. The first-order valence-electron chi connectivity index (χ1n) is 7.41. The smallest absolute Gasteiger partial charge is 0.438 e. The molecule has 0 radical (unpaired) electrons. The highest BCUT2D eigenvalue weighted by atomic mass is 19.4. The Morgan fingerprint density at radius 3 is 2.52 bits per heavy atom. The number of hydrogen-bond donors (Lipinski definition) is 1. The molecule has 0 bridgehead atoms. The second-order valence-corrected chi connectivity index (χ2v) is 5.87. The van der Waals surface area contributed by atoms with E-state index in [4.69, 9.17) is 10.00 Å². The van der Waals surface area contributed by atoms with Crippen molar-refractivity contribution in [1.29, 1.82) is 5.26 Å². The van der Waals surface area contributed by atoms with Gasteiger partial charge in [-0.2, -0.15) is 28.5 Å². The van der Waals surface area contributed by atoms with E-state index in [-0.39, 0.29) is 22.4 Å². The number of rotatable bonds is 4. The third kappa shape index (κ3) is 3.74. The Balaban J connectivity index is 2.15. The first kappa shape index (κ1) is 18.7. The third-order valence-electron chi connectivity index (χ3n) is 3.71. The Hall–Kier alpha value is -2.60. The van der Waals surface area contributed by atoms with Gasteiger partial charge in [-0.3, -0.25) is 4.79 Å². The van der Waals surface area contributed by atoms with Crippen molar-refractivity contribution in [2.75, 3.05) is 6.61 Å². The van der Waals surface area contributed by atoms with Crippen LogP contribution in [-0.2, 0) is 4.79 Å². The predicted molar refractivity (Wildman–Crippen MR) is 81.4 cm³/mol. The summed E-state index contributed by atoms with van der Waals surface area (Å²) in [5, 5.41) is 22.4. The van der Waals surface area contributed by atoms with E-state index in [1.54, 1.807) is 13.8 Å². The van der Waals surface area contributed by atoms with Crippen LogP contribution in [0.2, 0.25) is 0 Å². The maximum atomic E-state index is 13.3. The van der Waals surface area contributed by atoms with Crippen LogP contribution >= 0.6 is 0 Å². The summed E-state index contributed by atoms with van der Waals surface area (Å²) in [5.74, 6) is -1.28. The summed E-state index contributed by atoms with van der Waals surface area (Å²) in [4.78, 5) is 12.2. The lowest BCUT2D eigenvalue weighted by molar-refractivity contribution is -0.302. The van der Waals surface area contributed by atoms with Crippen LogP contribution in [0.5, 0.6) is 5.75 Å². The maximum absolute atomic E-state index is 13.3. The molecule has 1 N–H and O–H groups in total. The molecule has 1 amide bonds. The minimum absolute atomic E-state index is 0.0476. The van der Waals surface area contributed by atoms with Gasteiger partial charge in [-0.15, -0.1) is 0 Å². The largest absolute Gasteiger partial charge is 0.484 e. The highest BCUT2D eigenvalue weighted by Gasteiger charge is 2.63. The maximum Gasteiger partial charge on any atom is 0.438 e. The van der Waals surface area contributed by atoms with Gasteiger partial charge in [0.15, 0.2) is 6.61 Å². The number of alkyl halides is 3. The fourth-order valence-corrected chi connectivity index (χ4v) is 2.21. The minimum Gasteiger partial charge on any atom is -0.484 e. The molecule has 1 atom stereocenters. The summed E-state index contributed by atoms with van der Waals surface area (Å²) in [7, 11) is 0. The summed E-state index contributed by atoms with van der Waals surface area (Å²) in [6, 6.07) is 7.61. The Morgan fingerprint density at radius 2 is 2.04 bits per heavy atom. The van der Waals surface area contributed by atoms with Crippen LogP contribution in [-0.4, -0.2) is 40.2 Å². The zero-order chi connectivity index (χ0) is 18.8. The molecule has 6 nitrogen and oxygen atoms in total. The molecule has 134 valence electrons. The van der Waals surface area contributed by atoms with Gasteiger partial charge in [0.2, 0.25) is 0 Å². The zero-order valence-corrected chi connectivity index (χ0v) is 13.5. The van der Waals surface area contributed by atoms with Crippen LogP contribution in [0.4, 0.5) is 13.2 Å². The number of ether oxygens (including phenoxy) is 1. The predicted octanol–water partition coefficient (Wildman–Crippen LogP) is 2.43. The quantitative estimate of drug-likeness (QED) is 0.899. The second kappa shape index (κ2) is 6.72. The van der Waals surface area contributed by atoms with Crippen molar-refractivity contribution in [2.24, 2.45) is 11.0 Å². The molecule has 9 heteroatoms. The monoisotopic (exact) mass is 355 g/mol. The number of amides is 1. The molecule has 1 aromatic rings. The van der Waals surface area contributed by atoms with Gasteiger partial charge in [0.1, 0.15) is 5.75 Å². The Morgan fingerprint density at radius 1 is 1.44 bits per heavy atom. The van der Waals surface area contributed by atoms with Crippen molar-refractivity contribution in [2.45, 2.75) is 32.2 Å². The van der Waals surface area contributed by atoms with Gasteiger partial charge < -0.3 is 9.84 Å². The molecular formula is C16H16F3N3O3. The molecule has 1 aliphatic rings. The van der Waals surface area contributed by atoms with Crippen LogP contribution in [0.25, 0.3) is 0 Å². The Bertz CT molecular complexity index is 723. The first-order chi connectivity index (χ1) is 11.6. The minimum atomic E-state index is -5.06. The Kier molecular flexibility index (Phi) is 5.04. The van der Waals surface area contributed by atoms with Crippen LogP contribution < -0.4 is 4.74 Å². The lowest BCUT2D eigenvalue weighted by Crippen LogP contribution is -2.57. The summed E-state index contributed by atoms with van der Waals surface area (Å²) < 4.78 is 44.9. The number of nitriles is 1. The van der Waals surface area contributed by atoms with Crippen LogP contribution in [0, 0.1) is 17.2 Å². The third-order valence-corrected chi connectivity index (χ3v) is 3.71. The van der Waals surface area contributed by atoms with Gasteiger partial charge in [-0.25, -0.2) is 0 Å². The summed E-state index contributed by atoms with van der Waals surface area (Å²) >= 11 is 0. The van der Waals surface area contributed by atoms with Crippen molar-refractivity contribution in [3.05, 3.63) is 29.8 Å². The lowest BCUT2D eigenvalue weighted by Gasteiger charge is -2.32. The van der Waals surface area contributed by atoms with E-state index in [9.17, 15) is 23.1 Å². The van der Waals surface area contributed by atoms with E-state index in [1.165, 1.54) is 24.3 Å². The van der Waals surface area contributed by atoms with Gasteiger partial charge in [0.05, 0.1) is 11.6 Å². The second-order valence-electron chi connectivity index (χ2n) is 5.87. The highest BCUT2D eigenvalue weighted by molar-refractivity contribution is 5.92. The molecule has 0 aromatic heterocycles. The van der Waals surface area contributed by atoms with Crippen LogP contribution in [0.15, 0.2) is 29.4 Å². The molecule has 0 unspecified atom stereocenters. The first-order valence-corrected chi connectivity index (χ1v) is 7.41. The van der Waals surface area contributed by atoms with E-state index < -0.39 is 30.8 Å². The van der Waals surface area contributed by atoms with Crippen LogP contribution in [0.1, 0.15) is 25.8 Å². The molecule has 25 heavy (non-hydrogen) atoms. The van der Waals surface area contributed by atoms with Crippen molar-refractivity contribution in [3.63, 3.8) is 0 Å². The number of aliphatic hydroxyl groups is 1. The number of benzene rings is 1. The lowest BCUT2D eigenvalue weighted by atomic mass is 9.99. The fraction of sp³-hybridized carbons (Fsp3) is 0.438. The highest BCUT2D eigenvalue weighted by Crippen LogP contribution is 2.41. The number of hydrogen-bond acceptors (Lipinski definition) is 5. The average molecular weight is 355 g/mol. The fourth-order valence-electron chi connectivity index (χ4n) is 2.21. The zero-order valence-electron chi connectivity index (χ0n) is 13.5. The van der Waals surface area contributed by atoms with Crippen molar-refractivity contribution in [3.8, 4) is 11.8 Å². The van der Waals surface area contributed by atoms with E-state index in [0.29, 0.717) is 5.56 Å². The van der Waals surface area contributed by atoms with Gasteiger partial charge in [0, 0.05) is 12.1 Å². The summed E-state index contributed by atoms with van der Waals surface area (Å²) in [6.45, 7) is 2.51. The molecule has 1 heterocycles. The van der Waals surface area contributed by atoms with Crippen molar-refractivity contribution < 1.29 is 27.8 Å². The number of carbonyl (C=O) groups is 1. The number of halogens is 3. The SMILES string of the molecule is CC(C)C1=NN(C(=O)COc2ccc(C#N)cc2)[C@](O)(C(F)(F)F)C1. The van der Waals surface area contributed by atoms with Gasteiger partial charge >= 0.3 is 6.18 Å². The summed E-state index contributed by atoms with van der Waals surface area (Å²) in [6.07, 6.45) is -5.85. The van der Waals surface area contributed by atoms with Crippen molar-refractivity contribution in [1.82, 2.24) is 5.01 Å². The van der Waals surface area contributed by atoms with Gasteiger partial charge in [0.25, 0.3) is 11.6 Å². The van der Waals surface area contributed by atoms with Crippen molar-refractivity contribution >= 4 is 11.6 Å². The topological polar surface area (TPSA) is 85.9 Å². The number of nitrogens with zero attached hydrogens (tertiary/aromatic N) is 3. The average Bonchev–Trinajstić information content (AvgIpc) is 2.92. The Labute approximate surface area is 142 Å². The van der Waals surface area contributed by atoms with E-state index in [1.807, 2.05) is 6.07 Å². The van der Waals surface area contributed by atoms with Gasteiger partial charge in [-0.1, -0.05) is 13.8 Å². The number of carbonyl (C=O) groups excluding carboxylic acids is 1. The van der Waals surface area contributed by atoms with E-state index in [2.05, 4.69) is 5.10 Å². The molecule has 2 rings (SSSR count). The normalized spacial score (nSPS) is 20.4. The van der Waals surface area contributed by atoms with E-state index >= 15 is 0 Å². The molecular weight excluding hydrogens is 339 g/mol. The molecule has 0 fully saturated rings. The summed E-state index contributed by atoms with van der Waals surface area (Å²) in [5.41, 5.74) is -2.93. The molecule has 0 saturated carbocycles. The molecule has 0 saturated heterocycles. The van der Waals surface area contributed by atoms with Crippen LogP contribution in [0.3, 0.4) is 0 Å². The molecule has 1 aliphatic heterocycles. The standard InChI is InChI=1S/C16H16F3N3O3/c1-10(2)13-7-15(24,16(17,18)19)22(21-13)14(23)9-25-12-5-3-11(8-20)4-6-12/h3-6,10,24H,7,9H2,1-2H3/t15-/m1/s1. The van der Waals surface area contributed by atoms with E-state index in [0.717, 1.165) is 0 Å².